The van der Waals surface area contributed by atoms with Crippen LogP contribution < -0.4 is 0 Å². The van der Waals surface area contributed by atoms with Crippen LogP contribution >= 0.6 is 0 Å². The van der Waals surface area contributed by atoms with Crippen molar-refractivity contribution < 1.29 is 14.6 Å². The smallest absolute Gasteiger partial charge is 0.332 e. The SMILES string of the molecule is CCC=CCC=CCC=CCC=CCC=CCCOC(CC)C(=O)O. The molecule has 0 saturated carbocycles. The van der Waals surface area contributed by atoms with E-state index in [0.717, 1.165) is 38.5 Å². The van der Waals surface area contributed by atoms with Crippen molar-refractivity contribution in [2.24, 2.45) is 0 Å². The van der Waals surface area contributed by atoms with Crippen molar-refractivity contribution in [3.8, 4) is 0 Å². The molecule has 0 aliphatic heterocycles. The van der Waals surface area contributed by atoms with E-state index in [0.29, 0.717) is 13.0 Å². The Kier molecular flexibility index (Phi) is 17.1. The van der Waals surface area contributed by atoms with E-state index < -0.39 is 12.1 Å². The van der Waals surface area contributed by atoms with E-state index in [1.807, 2.05) is 13.0 Å². The van der Waals surface area contributed by atoms with Gasteiger partial charge in [-0.1, -0.05) is 74.6 Å². The lowest BCUT2D eigenvalue weighted by atomic mass is 10.2. The number of ether oxygens (including phenoxy) is 1. The molecule has 0 bridgehead atoms. The monoisotopic (exact) mass is 346 g/mol. The highest BCUT2D eigenvalue weighted by atomic mass is 16.5. The first-order valence-corrected chi connectivity index (χ1v) is 9.31. The molecule has 0 spiro atoms. The summed E-state index contributed by atoms with van der Waals surface area (Å²) in [6, 6.07) is 0. The lowest BCUT2D eigenvalue weighted by Gasteiger charge is -2.09. The number of hydrogen-bond acceptors (Lipinski definition) is 2. The van der Waals surface area contributed by atoms with Gasteiger partial charge in [-0.3, -0.25) is 0 Å². The molecule has 0 saturated heterocycles. The summed E-state index contributed by atoms with van der Waals surface area (Å²) in [6.07, 6.45) is 27.1. The summed E-state index contributed by atoms with van der Waals surface area (Å²) < 4.78 is 5.28. The van der Waals surface area contributed by atoms with E-state index in [1.165, 1.54) is 0 Å². The molecule has 25 heavy (non-hydrogen) atoms. The molecule has 1 unspecified atom stereocenters. The summed E-state index contributed by atoms with van der Waals surface area (Å²) in [5, 5.41) is 8.84. The van der Waals surface area contributed by atoms with Gasteiger partial charge in [0.25, 0.3) is 0 Å². The molecule has 0 radical (unpaired) electrons. The third-order valence-corrected chi connectivity index (χ3v) is 3.41. The van der Waals surface area contributed by atoms with E-state index in [9.17, 15) is 4.79 Å². The minimum atomic E-state index is -0.883. The van der Waals surface area contributed by atoms with Crippen molar-refractivity contribution in [3.05, 3.63) is 60.8 Å². The van der Waals surface area contributed by atoms with Crippen LogP contribution in [-0.4, -0.2) is 23.8 Å². The summed E-state index contributed by atoms with van der Waals surface area (Å²) in [4.78, 5) is 10.8. The molecule has 0 aromatic heterocycles. The molecule has 140 valence electrons. The van der Waals surface area contributed by atoms with Gasteiger partial charge >= 0.3 is 5.97 Å². The Bertz CT molecular complexity index is 456. The number of rotatable bonds is 15. The van der Waals surface area contributed by atoms with Gasteiger partial charge in [0.2, 0.25) is 0 Å². The molecule has 0 aliphatic rings. The standard InChI is InChI=1S/C22H34O3/c1-3-5-6-7-8-9-10-11-12-13-14-15-16-17-18-19-20-25-21(4-2)22(23)24/h5-6,8-9,11-12,14-15,17-18,21H,3-4,7,10,13,16,19-20H2,1-2H3,(H,23,24). The van der Waals surface area contributed by atoms with Crippen LogP contribution in [0.5, 0.6) is 0 Å². The first kappa shape index (κ1) is 23.1. The summed E-state index contributed by atoms with van der Waals surface area (Å²) in [5.74, 6) is -0.883. The van der Waals surface area contributed by atoms with Gasteiger partial charge in [0.05, 0.1) is 6.61 Å². The maximum Gasteiger partial charge on any atom is 0.332 e. The molecule has 0 aliphatic carbocycles. The maximum absolute atomic E-state index is 10.8. The molecule has 1 atom stereocenters. The minimum absolute atomic E-state index is 0.454. The van der Waals surface area contributed by atoms with Gasteiger partial charge in [0.15, 0.2) is 6.10 Å². The highest BCUT2D eigenvalue weighted by Gasteiger charge is 2.13. The van der Waals surface area contributed by atoms with E-state index in [1.54, 1.807) is 0 Å². The predicted molar refractivity (Wildman–Crippen MR) is 107 cm³/mol. The Morgan fingerprint density at radius 1 is 0.800 bits per heavy atom. The Balaban J connectivity index is 3.57. The Morgan fingerprint density at radius 3 is 1.64 bits per heavy atom. The molecule has 1 N–H and O–H groups in total. The predicted octanol–water partition coefficient (Wildman–Crippen LogP) is 6.01. The Morgan fingerprint density at radius 2 is 1.24 bits per heavy atom. The summed E-state index contributed by atoms with van der Waals surface area (Å²) in [7, 11) is 0. The third-order valence-electron chi connectivity index (χ3n) is 3.41. The topological polar surface area (TPSA) is 46.5 Å². The first-order chi connectivity index (χ1) is 12.2. The van der Waals surface area contributed by atoms with Crippen LogP contribution in [-0.2, 0) is 9.53 Å². The minimum Gasteiger partial charge on any atom is -0.479 e. The highest BCUT2D eigenvalue weighted by Crippen LogP contribution is 2.00. The first-order valence-electron chi connectivity index (χ1n) is 9.31. The van der Waals surface area contributed by atoms with E-state index in [4.69, 9.17) is 9.84 Å². The maximum atomic E-state index is 10.8. The number of carboxylic acids is 1. The van der Waals surface area contributed by atoms with Crippen LogP contribution in [0, 0.1) is 0 Å². The second kappa shape index (κ2) is 18.5. The van der Waals surface area contributed by atoms with Gasteiger partial charge in [-0.05, 0) is 44.9 Å². The van der Waals surface area contributed by atoms with Gasteiger partial charge < -0.3 is 9.84 Å². The quantitative estimate of drug-likeness (QED) is 0.292. The zero-order valence-corrected chi connectivity index (χ0v) is 15.8. The van der Waals surface area contributed by atoms with Crippen LogP contribution in [0.3, 0.4) is 0 Å². The van der Waals surface area contributed by atoms with E-state index in [-0.39, 0.29) is 0 Å². The van der Waals surface area contributed by atoms with Crippen molar-refractivity contribution in [2.45, 2.75) is 64.9 Å². The Labute approximate surface area is 153 Å². The molecule has 0 amide bonds. The second-order valence-corrected chi connectivity index (χ2v) is 5.60. The number of allylic oxidation sites excluding steroid dienone is 9. The van der Waals surface area contributed by atoms with Crippen LogP contribution in [0.1, 0.15) is 58.8 Å². The molecule has 0 rings (SSSR count). The number of carbonyl (C=O) groups is 1. The fourth-order valence-corrected chi connectivity index (χ4v) is 2.01. The lowest BCUT2D eigenvalue weighted by molar-refractivity contribution is -0.150. The fourth-order valence-electron chi connectivity index (χ4n) is 2.01. The second-order valence-electron chi connectivity index (χ2n) is 5.60. The molecule has 0 aromatic rings. The third kappa shape index (κ3) is 16.8. The van der Waals surface area contributed by atoms with Gasteiger partial charge in [0, 0.05) is 0 Å². The number of aliphatic carboxylic acids is 1. The van der Waals surface area contributed by atoms with Crippen molar-refractivity contribution in [2.75, 3.05) is 6.61 Å². The molecular formula is C22H34O3. The van der Waals surface area contributed by atoms with E-state index >= 15 is 0 Å². The largest absolute Gasteiger partial charge is 0.479 e. The Hall–Kier alpha value is -1.87. The van der Waals surface area contributed by atoms with Crippen molar-refractivity contribution in [3.63, 3.8) is 0 Å². The molecule has 0 fully saturated rings. The van der Waals surface area contributed by atoms with Crippen molar-refractivity contribution in [1.29, 1.82) is 0 Å². The molecule has 3 heteroatoms. The zero-order valence-electron chi connectivity index (χ0n) is 15.8. The molecular weight excluding hydrogens is 312 g/mol. The van der Waals surface area contributed by atoms with Crippen molar-refractivity contribution >= 4 is 5.97 Å². The van der Waals surface area contributed by atoms with Gasteiger partial charge in [-0.2, -0.15) is 0 Å². The van der Waals surface area contributed by atoms with Crippen LogP contribution in [0.2, 0.25) is 0 Å². The molecule has 0 aromatic carbocycles. The van der Waals surface area contributed by atoms with Gasteiger partial charge in [0.1, 0.15) is 0 Å². The lowest BCUT2D eigenvalue weighted by Crippen LogP contribution is -2.23. The summed E-state index contributed by atoms with van der Waals surface area (Å²) >= 11 is 0. The molecule has 3 nitrogen and oxygen atoms in total. The molecule has 0 heterocycles. The summed E-state index contributed by atoms with van der Waals surface area (Å²) in [5.41, 5.74) is 0. The average molecular weight is 347 g/mol. The number of carboxylic acid groups (broad SMARTS) is 1. The highest BCUT2D eigenvalue weighted by molar-refractivity contribution is 5.72. The van der Waals surface area contributed by atoms with Crippen LogP contribution in [0.4, 0.5) is 0 Å². The van der Waals surface area contributed by atoms with E-state index in [2.05, 4.69) is 61.6 Å². The van der Waals surface area contributed by atoms with Crippen LogP contribution in [0.25, 0.3) is 0 Å². The van der Waals surface area contributed by atoms with Gasteiger partial charge in [-0.15, -0.1) is 0 Å². The zero-order chi connectivity index (χ0) is 18.6. The average Bonchev–Trinajstić information content (AvgIpc) is 2.60. The summed E-state index contributed by atoms with van der Waals surface area (Å²) in [6.45, 7) is 4.41. The fraction of sp³-hybridized carbons (Fsp3) is 0.500. The normalized spacial score (nSPS) is 14.0. The van der Waals surface area contributed by atoms with Crippen LogP contribution in [0.15, 0.2) is 60.8 Å². The van der Waals surface area contributed by atoms with Gasteiger partial charge in [-0.25, -0.2) is 4.79 Å². The van der Waals surface area contributed by atoms with Crippen molar-refractivity contribution in [1.82, 2.24) is 0 Å². The number of hydrogen-bond donors (Lipinski definition) is 1.